The van der Waals surface area contributed by atoms with Crippen molar-refractivity contribution in [1.29, 1.82) is 0 Å². The minimum absolute atomic E-state index is 0.189. The van der Waals surface area contributed by atoms with E-state index in [0.717, 1.165) is 4.90 Å². The summed E-state index contributed by atoms with van der Waals surface area (Å²) in [5, 5.41) is 0. The van der Waals surface area contributed by atoms with Gasteiger partial charge in [-0.25, -0.2) is 4.98 Å². The van der Waals surface area contributed by atoms with Gasteiger partial charge in [0.2, 0.25) is 0 Å². The fourth-order valence-electron chi connectivity index (χ4n) is 1.80. The summed E-state index contributed by atoms with van der Waals surface area (Å²) in [6.45, 7) is 0.189. The van der Waals surface area contributed by atoms with Crippen molar-refractivity contribution in [3.63, 3.8) is 0 Å². The molecule has 0 saturated carbocycles. The monoisotopic (exact) mass is 228 g/mol. The number of hydrogen-bond acceptors (Lipinski definition) is 4. The summed E-state index contributed by atoms with van der Waals surface area (Å²) in [4.78, 5) is 35.7. The van der Waals surface area contributed by atoms with Gasteiger partial charge in [-0.3, -0.25) is 19.5 Å². The van der Waals surface area contributed by atoms with Crippen LogP contribution in [0.1, 0.15) is 26.5 Å². The van der Waals surface area contributed by atoms with Crippen molar-refractivity contribution in [2.75, 3.05) is 0 Å². The van der Waals surface area contributed by atoms with Crippen LogP contribution in [0.15, 0.2) is 30.9 Å². The molecular formula is C11H8N4O2. The Morgan fingerprint density at radius 1 is 1.29 bits per heavy atom. The Morgan fingerprint density at radius 2 is 2.18 bits per heavy atom. The molecule has 0 atom stereocenters. The van der Waals surface area contributed by atoms with Gasteiger partial charge in [-0.15, -0.1) is 0 Å². The van der Waals surface area contributed by atoms with Gasteiger partial charge in [0.25, 0.3) is 11.8 Å². The lowest BCUT2D eigenvalue weighted by Crippen LogP contribution is -2.29. The number of imide groups is 1. The van der Waals surface area contributed by atoms with Crippen LogP contribution in [0.4, 0.5) is 0 Å². The number of H-pyrrole nitrogens is 1. The van der Waals surface area contributed by atoms with Crippen LogP contribution in [0.25, 0.3) is 0 Å². The fraction of sp³-hybridized carbons (Fsp3) is 0.0909. The molecule has 0 saturated heterocycles. The number of aromatic amines is 1. The maximum absolute atomic E-state index is 12.0. The molecule has 17 heavy (non-hydrogen) atoms. The Bertz CT molecular complexity index is 556. The van der Waals surface area contributed by atoms with Gasteiger partial charge < -0.3 is 4.98 Å². The molecule has 2 amide bonds. The van der Waals surface area contributed by atoms with Crippen molar-refractivity contribution in [3.8, 4) is 0 Å². The second kappa shape index (κ2) is 3.51. The molecule has 84 valence electrons. The SMILES string of the molecule is O=C1c2cccnc2C(=O)N1Cc1cnc[nH]1. The highest BCUT2D eigenvalue weighted by atomic mass is 16.2. The van der Waals surface area contributed by atoms with Crippen LogP contribution in [0.2, 0.25) is 0 Å². The zero-order valence-electron chi connectivity index (χ0n) is 8.75. The predicted molar refractivity (Wildman–Crippen MR) is 57.0 cm³/mol. The van der Waals surface area contributed by atoms with Crippen molar-refractivity contribution in [2.24, 2.45) is 0 Å². The van der Waals surface area contributed by atoms with E-state index in [1.807, 2.05) is 0 Å². The Morgan fingerprint density at radius 3 is 2.88 bits per heavy atom. The van der Waals surface area contributed by atoms with Gasteiger partial charge in [-0.1, -0.05) is 0 Å². The lowest BCUT2D eigenvalue weighted by Gasteiger charge is -2.11. The lowest BCUT2D eigenvalue weighted by molar-refractivity contribution is 0.0638. The van der Waals surface area contributed by atoms with E-state index in [1.165, 1.54) is 12.5 Å². The second-order valence-corrected chi connectivity index (χ2v) is 3.67. The van der Waals surface area contributed by atoms with Crippen LogP contribution in [0, 0.1) is 0 Å². The topological polar surface area (TPSA) is 79.0 Å². The van der Waals surface area contributed by atoms with Gasteiger partial charge in [0.05, 0.1) is 24.1 Å². The molecule has 2 aromatic heterocycles. The van der Waals surface area contributed by atoms with Crippen molar-refractivity contribution in [3.05, 3.63) is 47.8 Å². The third-order valence-electron chi connectivity index (χ3n) is 2.61. The average molecular weight is 228 g/mol. The molecule has 0 radical (unpaired) electrons. The summed E-state index contributed by atoms with van der Waals surface area (Å²) in [7, 11) is 0. The van der Waals surface area contributed by atoms with Gasteiger partial charge in [-0.05, 0) is 12.1 Å². The van der Waals surface area contributed by atoms with Crippen LogP contribution < -0.4 is 0 Å². The van der Waals surface area contributed by atoms with Crippen molar-refractivity contribution < 1.29 is 9.59 Å². The number of pyridine rings is 1. The van der Waals surface area contributed by atoms with E-state index in [0.29, 0.717) is 11.3 Å². The molecular weight excluding hydrogens is 220 g/mol. The molecule has 0 fully saturated rings. The number of carbonyl (C=O) groups excluding carboxylic acids is 2. The Hall–Kier alpha value is -2.50. The van der Waals surface area contributed by atoms with Crippen molar-refractivity contribution >= 4 is 11.8 Å². The maximum atomic E-state index is 12.0. The molecule has 0 spiro atoms. The first kappa shape index (κ1) is 9.71. The van der Waals surface area contributed by atoms with Crippen LogP contribution in [0.5, 0.6) is 0 Å². The number of rotatable bonds is 2. The molecule has 1 N–H and O–H groups in total. The van der Waals surface area contributed by atoms with Crippen molar-refractivity contribution in [2.45, 2.75) is 6.54 Å². The van der Waals surface area contributed by atoms with Crippen molar-refractivity contribution in [1.82, 2.24) is 19.9 Å². The summed E-state index contributed by atoms with van der Waals surface area (Å²) in [5.41, 5.74) is 1.29. The van der Waals surface area contributed by atoms with E-state index in [2.05, 4.69) is 15.0 Å². The van der Waals surface area contributed by atoms with Crippen LogP contribution >= 0.6 is 0 Å². The summed E-state index contributed by atoms with van der Waals surface area (Å²) in [6.07, 6.45) is 4.59. The predicted octanol–water partition coefficient (Wildman–Crippen LogP) is 0.601. The van der Waals surface area contributed by atoms with Crippen LogP contribution in [-0.4, -0.2) is 31.7 Å². The molecule has 2 aromatic rings. The highest BCUT2D eigenvalue weighted by molar-refractivity contribution is 6.20. The number of amides is 2. The summed E-state index contributed by atoms with van der Waals surface area (Å²) in [6, 6.07) is 3.25. The van der Waals surface area contributed by atoms with E-state index < -0.39 is 0 Å². The first-order valence-electron chi connectivity index (χ1n) is 5.06. The molecule has 6 heteroatoms. The standard InChI is InChI=1S/C11H8N4O2/c16-10-8-2-1-3-13-9(8)11(17)15(10)5-7-4-12-6-14-7/h1-4,6H,5H2,(H,12,14). The molecule has 0 bridgehead atoms. The lowest BCUT2D eigenvalue weighted by atomic mass is 10.2. The molecule has 0 aromatic carbocycles. The second-order valence-electron chi connectivity index (χ2n) is 3.67. The molecule has 0 aliphatic carbocycles. The quantitative estimate of drug-likeness (QED) is 0.763. The minimum Gasteiger partial charge on any atom is -0.347 e. The summed E-state index contributed by atoms with van der Waals surface area (Å²) in [5.74, 6) is -0.673. The number of imidazole rings is 1. The minimum atomic E-state index is -0.361. The first-order valence-corrected chi connectivity index (χ1v) is 5.06. The Balaban J connectivity index is 1.95. The smallest absolute Gasteiger partial charge is 0.280 e. The van der Waals surface area contributed by atoms with Gasteiger partial charge >= 0.3 is 0 Å². The number of nitrogens with one attached hydrogen (secondary N) is 1. The average Bonchev–Trinajstić information content (AvgIpc) is 2.94. The zero-order chi connectivity index (χ0) is 11.8. The van der Waals surface area contributed by atoms with Gasteiger partial charge in [0.1, 0.15) is 5.69 Å². The van der Waals surface area contributed by atoms with E-state index >= 15 is 0 Å². The van der Waals surface area contributed by atoms with E-state index in [4.69, 9.17) is 0 Å². The molecule has 1 aliphatic heterocycles. The number of aromatic nitrogens is 3. The van der Waals surface area contributed by atoms with E-state index in [-0.39, 0.29) is 24.1 Å². The van der Waals surface area contributed by atoms with Gasteiger partial charge in [0.15, 0.2) is 0 Å². The van der Waals surface area contributed by atoms with E-state index in [1.54, 1.807) is 18.3 Å². The van der Waals surface area contributed by atoms with Gasteiger partial charge in [0, 0.05) is 12.4 Å². The molecule has 3 rings (SSSR count). The highest BCUT2D eigenvalue weighted by Gasteiger charge is 2.36. The zero-order valence-corrected chi connectivity index (χ0v) is 8.75. The normalized spacial score (nSPS) is 14.2. The molecule has 0 unspecified atom stereocenters. The fourth-order valence-corrected chi connectivity index (χ4v) is 1.80. The number of carbonyl (C=O) groups is 2. The molecule has 6 nitrogen and oxygen atoms in total. The molecule has 3 heterocycles. The largest absolute Gasteiger partial charge is 0.347 e. The number of fused-ring (bicyclic) bond motifs is 1. The van der Waals surface area contributed by atoms with E-state index in [9.17, 15) is 9.59 Å². The Labute approximate surface area is 96.3 Å². The third kappa shape index (κ3) is 1.42. The van der Waals surface area contributed by atoms with Crippen LogP contribution in [0.3, 0.4) is 0 Å². The first-order chi connectivity index (χ1) is 8.27. The Kier molecular flexibility index (Phi) is 2.01. The molecule has 1 aliphatic rings. The third-order valence-corrected chi connectivity index (χ3v) is 2.61. The highest BCUT2D eigenvalue weighted by Crippen LogP contribution is 2.21. The summed E-state index contributed by atoms with van der Waals surface area (Å²) < 4.78 is 0. The summed E-state index contributed by atoms with van der Waals surface area (Å²) >= 11 is 0. The number of hydrogen-bond donors (Lipinski definition) is 1. The maximum Gasteiger partial charge on any atom is 0.280 e. The van der Waals surface area contributed by atoms with Crippen LogP contribution in [-0.2, 0) is 6.54 Å². The van der Waals surface area contributed by atoms with Gasteiger partial charge in [-0.2, -0.15) is 0 Å². The number of nitrogens with zero attached hydrogens (tertiary/aromatic N) is 3.